The maximum absolute atomic E-state index is 12.6. The van der Waals surface area contributed by atoms with Crippen molar-refractivity contribution in [3.63, 3.8) is 0 Å². The Balaban J connectivity index is 1.80. The van der Waals surface area contributed by atoms with Crippen LogP contribution in [0, 0.1) is 0 Å². The van der Waals surface area contributed by atoms with Crippen LogP contribution in [0.4, 0.5) is 5.13 Å². The number of nitrogens with zero attached hydrogens (tertiary/aromatic N) is 3. The Kier molecular flexibility index (Phi) is 5.70. The molecule has 0 saturated carbocycles. The molecule has 1 unspecified atom stereocenters. The zero-order valence-electron chi connectivity index (χ0n) is 14.9. The molecule has 0 spiro atoms. The molecule has 148 valence electrons. The van der Waals surface area contributed by atoms with Gasteiger partial charge in [-0.05, 0) is 12.5 Å². The first-order chi connectivity index (χ1) is 13.4. The zero-order chi connectivity index (χ0) is 20.4. The number of carbonyl (C=O) groups is 3. The first kappa shape index (κ1) is 19.9. The van der Waals surface area contributed by atoms with Gasteiger partial charge < -0.3 is 21.0 Å². The van der Waals surface area contributed by atoms with Crippen LogP contribution >= 0.6 is 23.1 Å². The monoisotopic (exact) mass is 423 g/mol. The molecule has 2 amide bonds. The van der Waals surface area contributed by atoms with Crippen molar-refractivity contribution in [1.82, 2.24) is 15.2 Å². The highest BCUT2D eigenvalue weighted by molar-refractivity contribution is 8.00. The minimum Gasteiger partial charge on any atom is -0.477 e. The zero-order valence-corrected chi connectivity index (χ0v) is 16.5. The molecule has 0 aliphatic carbocycles. The quantitative estimate of drug-likeness (QED) is 0.338. The van der Waals surface area contributed by atoms with Gasteiger partial charge in [-0.2, -0.15) is 0 Å². The summed E-state index contributed by atoms with van der Waals surface area (Å²) in [6.07, 6.45) is 3.39. The molecule has 2 aliphatic rings. The van der Waals surface area contributed by atoms with Crippen molar-refractivity contribution < 1.29 is 24.3 Å². The fourth-order valence-electron chi connectivity index (χ4n) is 2.87. The van der Waals surface area contributed by atoms with E-state index < -0.39 is 29.2 Å². The minimum atomic E-state index is -1.18. The summed E-state index contributed by atoms with van der Waals surface area (Å²) in [6, 6.07) is -0.878. The van der Waals surface area contributed by atoms with E-state index in [1.54, 1.807) is 24.5 Å². The molecule has 28 heavy (non-hydrogen) atoms. The van der Waals surface area contributed by atoms with E-state index in [2.05, 4.69) is 15.5 Å². The summed E-state index contributed by atoms with van der Waals surface area (Å²) in [5.74, 6) is -1.93. The first-order valence-electron chi connectivity index (χ1n) is 8.06. The molecule has 1 saturated heterocycles. The number of nitrogen functional groups attached to an aromatic ring is 1. The number of oxime groups is 1. The van der Waals surface area contributed by atoms with Crippen LogP contribution in [0.25, 0.3) is 0 Å². The molecule has 1 aromatic heterocycles. The summed E-state index contributed by atoms with van der Waals surface area (Å²) < 4.78 is 0. The molecule has 3 heterocycles. The van der Waals surface area contributed by atoms with Crippen molar-refractivity contribution >= 4 is 51.7 Å². The van der Waals surface area contributed by atoms with E-state index in [-0.39, 0.29) is 22.2 Å². The number of carboxylic acids is 1. The van der Waals surface area contributed by atoms with Gasteiger partial charge in [0.1, 0.15) is 29.9 Å². The third-order valence-corrected chi connectivity index (χ3v) is 5.99. The average molecular weight is 423 g/mol. The molecule has 4 N–H and O–H groups in total. The van der Waals surface area contributed by atoms with E-state index in [4.69, 9.17) is 10.6 Å². The summed E-state index contributed by atoms with van der Waals surface area (Å²) in [7, 11) is 1.28. The number of hydrogen-bond donors (Lipinski definition) is 3. The third kappa shape index (κ3) is 3.47. The number of fused-ring (bicyclic) bond motifs is 1. The number of aliphatic carboxylic acids is 1. The normalized spacial score (nSPS) is 22.1. The Morgan fingerprint density at radius 3 is 2.86 bits per heavy atom. The van der Waals surface area contributed by atoms with Crippen molar-refractivity contribution in [2.75, 3.05) is 18.6 Å². The van der Waals surface area contributed by atoms with Gasteiger partial charge in [0, 0.05) is 11.1 Å². The Labute approximate surface area is 168 Å². The summed E-state index contributed by atoms with van der Waals surface area (Å²) in [4.78, 5) is 46.8. The van der Waals surface area contributed by atoms with E-state index in [0.29, 0.717) is 11.3 Å². The minimum absolute atomic E-state index is 0.0598. The second kappa shape index (κ2) is 8.02. The highest BCUT2D eigenvalue weighted by Crippen LogP contribution is 2.40. The van der Waals surface area contributed by atoms with Crippen LogP contribution in [0.1, 0.15) is 12.6 Å². The van der Waals surface area contributed by atoms with Crippen molar-refractivity contribution in [2.24, 2.45) is 5.16 Å². The van der Waals surface area contributed by atoms with Gasteiger partial charge in [0.2, 0.25) is 0 Å². The largest absolute Gasteiger partial charge is 0.477 e. The molecular formula is C16H17N5O5S2. The Hall–Kier alpha value is -2.86. The van der Waals surface area contributed by atoms with E-state index in [1.165, 1.54) is 23.8 Å². The number of thiazole rings is 1. The van der Waals surface area contributed by atoms with Crippen LogP contribution in [0.15, 0.2) is 34.0 Å². The van der Waals surface area contributed by atoms with Crippen molar-refractivity contribution in [3.05, 3.63) is 34.5 Å². The van der Waals surface area contributed by atoms with Gasteiger partial charge in [-0.15, -0.1) is 23.1 Å². The van der Waals surface area contributed by atoms with Crippen molar-refractivity contribution in [2.45, 2.75) is 18.3 Å². The van der Waals surface area contributed by atoms with Crippen LogP contribution in [0.5, 0.6) is 0 Å². The molecule has 2 aliphatic heterocycles. The second-order valence-corrected chi connectivity index (χ2v) is 7.73. The summed E-state index contributed by atoms with van der Waals surface area (Å²) in [5, 5.41) is 17.1. The summed E-state index contributed by atoms with van der Waals surface area (Å²) in [6.45, 7) is 1.77. The number of carboxylic acid groups (broad SMARTS) is 1. The number of carbonyl (C=O) groups excluding carboxylic acids is 2. The number of anilines is 1. The van der Waals surface area contributed by atoms with E-state index in [9.17, 15) is 19.5 Å². The Morgan fingerprint density at radius 1 is 1.54 bits per heavy atom. The lowest BCUT2D eigenvalue weighted by molar-refractivity contribution is -0.150. The topological polar surface area (TPSA) is 147 Å². The highest BCUT2D eigenvalue weighted by atomic mass is 32.2. The molecule has 1 fully saturated rings. The molecule has 12 heteroatoms. The number of thioether (sulfide) groups is 1. The maximum atomic E-state index is 12.6. The number of amides is 2. The van der Waals surface area contributed by atoms with Crippen molar-refractivity contribution in [3.8, 4) is 0 Å². The summed E-state index contributed by atoms with van der Waals surface area (Å²) >= 11 is 2.51. The Bertz CT molecular complexity index is 922. The number of nitrogens with two attached hydrogens (primary N) is 1. The molecule has 0 aromatic carbocycles. The molecule has 10 nitrogen and oxygen atoms in total. The van der Waals surface area contributed by atoms with Gasteiger partial charge in [-0.1, -0.05) is 17.3 Å². The molecule has 3 rings (SSSR count). The third-order valence-electron chi connectivity index (χ3n) is 4.02. The van der Waals surface area contributed by atoms with Crippen LogP contribution < -0.4 is 11.1 Å². The SMILES string of the molecule is CC=CC1=C(C(=O)O)N2C(=O)C(NC(=O)/C(=N\OC)c3csc(N)n3)[C@H]2SC1. The van der Waals surface area contributed by atoms with Gasteiger partial charge in [0.05, 0.1) is 0 Å². The number of aromatic nitrogens is 1. The lowest BCUT2D eigenvalue weighted by atomic mass is 10.0. The first-order valence-corrected chi connectivity index (χ1v) is 9.99. The predicted octanol–water partition coefficient (Wildman–Crippen LogP) is 0.391. The fraction of sp³-hybridized carbons (Fsp3) is 0.312. The smallest absolute Gasteiger partial charge is 0.352 e. The van der Waals surface area contributed by atoms with Crippen molar-refractivity contribution in [1.29, 1.82) is 0 Å². The number of hydrogen-bond acceptors (Lipinski definition) is 9. The number of nitrogens with one attached hydrogen (secondary N) is 1. The average Bonchev–Trinajstić information content (AvgIpc) is 3.09. The Morgan fingerprint density at radius 2 is 2.29 bits per heavy atom. The van der Waals surface area contributed by atoms with Gasteiger partial charge in [-0.25, -0.2) is 9.78 Å². The van der Waals surface area contributed by atoms with Crippen LogP contribution in [0.3, 0.4) is 0 Å². The molecule has 0 bridgehead atoms. The number of β-lactam (4-membered cyclic amide) rings is 1. The van der Waals surface area contributed by atoms with E-state index in [0.717, 1.165) is 11.3 Å². The lowest BCUT2D eigenvalue weighted by Crippen LogP contribution is -2.71. The number of rotatable bonds is 6. The molecule has 0 radical (unpaired) electrons. The van der Waals surface area contributed by atoms with Gasteiger partial charge in [0.25, 0.3) is 11.8 Å². The van der Waals surface area contributed by atoms with Gasteiger partial charge in [0.15, 0.2) is 10.8 Å². The molecular weight excluding hydrogens is 406 g/mol. The maximum Gasteiger partial charge on any atom is 0.352 e. The molecule has 2 atom stereocenters. The number of allylic oxidation sites excluding steroid dienone is 2. The second-order valence-electron chi connectivity index (χ2n) is 5.73. The fourth-order valence-corrected chi connectivity index (χ4v) is 4.74. The van der Waals surface area contributed by atoms with Gasteiger partial charge in [-0.3, -0.25) is 14.5 Å². The van der Waals surface area contributed by atoms with Crippen LogP contribution in [0.2, 0.25) is 0 Å². The predicted molar refractivity (Wildman–Crippen MR) is 105 cm³/mol. The standard InChI is InChI=1S/C16H17N5O5S2/c1-3-4-7-5-27-14-10(13(23)21(14)11(7)15(24)25)19-12(22)9(20-26-2)8-6-28-16(17)18-8/h3-4,6,10,14H,5H2,1-2H3,(H2,17,18)(H,19,22)(H,24,25)/b4-3?,20-9-/t10?,14-/m1/s1. The molecule has 1 aromatic rings. The van der Waals surface area contributed by atoms with Crippen LogP contribution in [-0.2, 0) is 19.2 Å². The van der Waals surface area contributed by atoms with E-state index >= 15 is 0 Å². The van der Waals surface area contributed by atoms with Crippen LogP contribution in [-0.4, -0.2) is 62.8 Å². The van der Waals surface area contributed by atoms with E-state index in [1.807, 2.05) is 0 Å². The summed E-state index contributed by atoms with van der Waals surface area (Å²) in [5.41, 5.74) is 6.19. The highest BCUT2D eigenvalue weighted by Gasteiger charge is 2.54. The lowest BCUT2D eigenvalue weighted by Gasteiger charge is -2.49. The van der Waals surface area contributed by atoms with Gasteiger partial charge >= 0.3 is 5.97 Å².